The Hall–Kier alpha value is -2.78. The Morgan fingerprint density at radius 2 is 1.78 bits per heavy atom. The van der Waals surface area contributed by atoms with Crippen LogP contribution in [0.1, 0.15) is 22.0 Å². The maximum atomic E-state index is 13.5. The minimum atomic E-state index is -1.15. The highest BCUT2D eigenvalue weighted by atomic mass is 19.2. The topological polar surface area (TPSA) is 53.3 Å². The van der Waals surface area contributed by atoms with Gasteiger partial charge in [0.15, 0.2) is 11.6 Å². The Morgan fingerprint density at radius 3 is 2.35 bits per heavy atom. The van der Waals surface area contributed by atoms with Gasteiger partial charge in [-0.3, -0.25) is 4.90 Å². The monoisotopic (exact) mass is 316 g/mol. The van der Waals surface area contributed by atoms with E-state index in [0.29, 0.717) is 0 Å². The normalized spacial score (nSPS) is 11.8. The first-order valence-corrected chi connectivity index (χ1v) is 6.76. The quantitative estimate of drug-likeness (QED) is 0.641. The molecule has 0 heterocycles. The molecule has 0 N–H and O–H groups in total. The zero-order valence-corrected chi connectivity index (χ0v) is 12.6. The molecular formula is C17H14F2N2O2. The maximum Gasteiger partial charge on any atom is 0.343 e. The van der Waals surface area contributed by atoms with Crippen LogP contribution in [-0.4, -0.2) is 25.0 Å². The Labute approximate surface area is 132 Å². The first-order chi connectivity index (χ1) is 10.9. The van der Waals surface area contributed by atoms with Gasteiger partial charge in [0.25, 0.3) is 0 Å². The zero-order valence-electron chi connectivity index (χ0n) is 12.6. The molecule has 0 radical (unpaired) electrons. The molecule has 0 aliphatic carbocycles. The van der Waals surface area contributed by atoms with Crippen LogP contribution in [0, 0.1) is 23.0 Å². The summed E-state index contributed by atoms with van der Waals surface area (Å²) >= 11 is 0. The van der Waals surface area contributed by atoms with Crippen LogP contribution in [0.5, 0.6) is 5.75 Å². The van der Waals surface area contributed by atoms with E-state index in [2.05, 4.69) is 0 Å². The molecule has 118 valence electrons. The summed E-state index contributed by atoms with van der Waals surface area (Å²) in [6.45, 7) is 0. The summed E-state index contributed by atoms with van der Waals surface area (Å²) < 4.78 is 32.2. The molecule has 0 saturated carbocycles. The smallest absolute Gasteiger partial charge is 0.343 e. The molecule has 0 bridgehead atoms. The van der Waals surface area contributed by atoms with Crippen LogP contribution in [0.2, 0.25) is 0 Å². The number of benzene rings is 2. The maximum absolute atomic E-state index is 13.5. The van der Waals surface area contributed by atoms with E-state index in [1.54, 1.807) is 32.3 Å². The number of carbonyl (C=O) groups is 1. The van der Waals surface area contributed by atoms with Gasteiger partial charge >= 0.3 is 5.97 Å². The molecule has 0 fully saturated rings. The van der Waals surface area contributed by atoms with Gasteiger partial charge in [0, 0.05) is 11.6 Å². The van der Waals surface area contributed by atoms with Crippen molar-refractivity contribution in [2.24, 2.45) is 0 Å². The van der Waals surface area contributed by atoms with Crippen molar-refractivity contribution in [1.82, 2.24) is 4.90 Å². The van der Waals surface area contributed by atoms with Crippen LogP contribution >= 0.6 is 0 Å². The van der Waals surface area contributed by atoms with Crippen molar-refractivity contribution in [3.8, 4) is 11.8 Å². The molecule has 0 amide bonds. The summed E-state index contributed by atoms with van der Waals surface area (Å²) in [5.41, 5.74) is 0.349. The molecule has 2 aromatic carbocycles. The Kier molecular flexibility index (Phi) is 5.04. The molecule has 4 nitrogen and oxygen atoms in total. The number of nitriles is 1. The van der Waals surface area contributed by atoms with Gasteiger partial charge < -0.3 is 4.74 Å². The van der Waals surface area contributed by atoms with Gasteiger partial charge in [0.2, 0.25) is 0 Å². The van der Waals surface area contributed by atoms with Crippen molar-refractivity contribution in [1.29, 1.82) is 5.26 Å². The minimum Gasteiger partial charge on any atom is -0.422 e. The highest BCUT2D eigenvalue weighted by Crippen LogP contribution is 2.30. The Balaban J connectivity index is 2.43. The first-order valence-electron chi connectivity index (χ1n) is 6.76. The molecular weight excluding hydrogens is 302 g/mol. The van der Waals surface area contributed by atoms with Gasteiger partial charge in [-0.1, -0.05) is 18.2 Å². The summed E-state index contributed by atoms with van der Waals surface area (Å²) in [4.78, 5) is 13.6. The van der Waals surface area contributed by atoms with Crippen LogP contribution < -0.4 is 4.74 Å². The standard InChI is InChI=1S/C17H14F2N2O2/c1-21(2)15(10-20)12-8-13(18)14(19)9-16(12)23-17(22)11-6-4-3-5-7-11/h3-9,15H,1-2H3. The largest absolute Gasteiger partial charge is 0.422 e. The Bertz CT molecular complexity index is 755. The van der Waals surface area contributed by atoms with Crippen LogP contribution in [0.15, 0.2) is 42.5 Å². The van der Waals surface area contributed by atoms with E-state index in [0.717, 1.165) is 12.1 Å². The van der Waals surface area contributed by atoms with Crippen LogP contribution in [-0.2, 0) is 0 Å². The lowest BCUT2D eigenvalue weighted by Gasteiger charge is -2.20. The molecule has 2 rings (SSSR count). The second-order valence-electron chi connectivity index (χ2n) is 5.05. The molecule has 1 unspecified atom stereocenters. The van der Waals surface area contributed by atoms with Gasteiger partial charge in [-0.05, 0) is 32.3 Å². The molecule has 0 aliphatic rings. The van der Waals surface area contributed by atoms with E-state index >= 15 is 0 Å². The molecule has 0 spiro atoms. The number of ether oxygens (including phenoxy) is 1. The van der Waals surface area contributed by atoms with Gasteiger partial charge in [0.1, 0.15) is 11.8 Å². The lowest BCUT2D eigenvalue weighted by molar-refractivity contribution is 0.0730. The van der Waals surface area contributed by atoms with E-state index in [-0.39, 0.29) is 16.9 Å². The summed E-state index contributed by atoms with van der Waals surface area (Å²) in [7, 11) is 3.22. The molecule has 0 aliphatic heterocycles. The van der Waals surface area contributed by atoms with Gasteiger partial charge in [-0.2, -0.15) is 5.26 Å². The highest BCUT2D eigenvalue weighted by Gasteiger charge is 2.23. The molecule has 23 heavy (non-hydrogen) atoms. The number of hydrogen-bond acceptors (Lipinski definition) is 4. The van der Waals surface area contributed by atoms with Crippen molar-refractivity contribution in [2.45, 2.75) is 6.04 Å². The van der Waals surface area contributed by atoms with Gasteiger partial charge in [0.05, 0.1) is 11.6 Å². The number of carbonyl (C=O) groups excluding carboxylic acids is 1. The predicted molar refractivity (Wildman–Crippen MR) is 79.8 cm³/mol. The fraction of sp³-hybridized carbons (Fsp3) is 0.176. The fourth-order valence-corrected chi connectivity index (χ4v) is 2.04. The van der Waals surface area contributed by atoms with Crippen LogP contribution in [0.3, 0.4) is 0 Å². The highest BCUT2D eigenvalue weighted by molar-refractivity contribution is 5.91. The van der Waals surface area contributed by atoms with E-state index in [4.69, 9.17) is 4.74 Å². The number of halogens is 2. The number of nitrogens with zero attached hydrogens (tertiary/aromatic N) is 2. The van der Waals surface area contributed by atoms with Crippen molar-refractivity contribution in [3.63, 3.8) is 0 Å². The van der Waals surface area contributed by atoms with Crippen LogP contribution in [0.4, 0.5) is 8.78 Å². The van der Waals surface area contributed by atoms with Gasteiger partial charge in [-0.15, -0.1) is 0 Å². The lowest BCUT2D eigenvalue weighted by atomic mass is 10.1. The van der Waals surface area contributed by atoms with E-state index in [1.165, 1.54) is 17.0 Å². The zero-order chi connectivity index (χ0) is 17.0. The lowest BCUT2D eigenvalue weighted by Crippen LogP contribution is -2.20. The van der Waals surface area contributed by atoms with E-state index < -0.39 is 23.6 Å². The SMILES string of the molecule is CN(C)C(C#N)c1cc(F)c(F)cc1OC(=O)c1ccccc1. The number of rotatable bonds is 4. The summed E-state index contributed by atoms with van der Waals surface area (Å²) in [5.74, 6) is -3.16. The molecule has 2 aromatic rings. The molecule has 1 atom stereocenters. The summed E-state index contributed by atoms with van der Waals surface area (Å²) in [6.07, 6.45) is 0. The molecule has 0 saturated heterocycles. The second-order valence-corrected chi connectivity index (χ2v) is 5.05. The number of hydrogen-bond donors (Lipinski definition) is 0. The average Bonchev–Trinajstić information content (AvgIpc) is 2.53. The third-order valence-corrected chi connectivity index (χ3v) is 3.20. The number of esters is 1. The van der Waals surface area contributed by atoms with E-state index in [1.807, 2.05) is 6.07 Å². The van der Waals surface area contributed by atoms with Crippen molar-refractivity contribution >= 4 is 5.97 Å². The van der Waals surface area contributed by atoms with Crippen molar-refractivity contribution in [2.75, 3.05) is 14.1 Å². The molecule has 0 aromatic heterocycles. The second kappa shape index (κ2) is 6.99. The summed E-state index contributed by atoms with van der Waals surface area (Å²) in [6, 6.07) is 10.8. The third kappa shape index (κ3) is 3.71. The first kappa shape index (κ1) is 16.6. The predicted octanol–water partition coefficient (Wildman–Crippen LogP) is 3.31. The van der Waals surface area contributed by atoms with Crippen molar-refractivity contribution < 1.29 is 18.3 Å². The van der Waals surface area contributed by atoms with Gasteiger partial charge in [-0.25, -0.2) is 13.6 Å². The van der Waals surface area contributed by atoms with Crippen LogP contribution in [0.25, 0.3) is 0 Å². The van der Waals surface area contributed by atoms with E-state index in [9.17, 15) is 18.8 Å². The molecule has 6 heteroatoms. The average molecular weight is 316 g/mol. The fourth-order valence-electron chi connectivity index (χ4n) is 2.04. The third-order valence-electron chi connectivity index (χ3n) is 3.20. The summed E-state index contributed by atoms with van der Waals surface area (Å²) in [5, 5.41) is 9.24. The Morgan fingerprint density at radius 1 is 1.17 bits per heavy atom. The van der Waals surface area contributed by atoms with Crippen molar-refractivity contribution in [3.05, 3.63) is 65.2 Å². The minimum absolute atomic E-state index is 0.0840.